The molecular formula is C18H16FNO. The molecule has 1 aliphatic rings. The van der Waals surface area contributed by atoms with E-state index >= 15 is 0 Å². The van der Waals surface area contributed by atoms with Gasteiger partial charge in [0.05, 0.1) is 11.5 Å². The van der Waals surface area contributed by atoms with Crippen LogP contribution in [-0.4, -0.2) is 11.7 Å². The molecule has 1 saturated carbocycles. The Labute approximate surface area is 123 Å². The zero-order valence-electron chi connectivity index (χ0n) is 11.6. The molecule has 0 unspecified atom stereocenters. The van der Waals surface area contributed by atoms with E-state index in [2.05, 4.69) is 6.07 Å². The second-order valence-electron chi connectivity index (χ2n) is 5.56. The maximum atomic E-state index is 14.4. The van der Waals surface area contributed by atoms with Crippen LogP contribution >= 0.6 is 0 Å². The standard InChI is InChI=1S/C18H16FNO/c19-17-11-15(18(12-20)7-8-18)4-5-16(17)14-3-1-2-13(10-14)6-9-21/h1-5,10-11,21H,6-9H2. The number of hydrogen-bond donors (Lipinski definition) is 1. The Morgan fingerprint density at radius 2 is 2.00 bits per heavy atom. The number of benzene rings is 2. The lowest BCUT2D eigenvalue weighted by atomic mass is 9.94. The Hall–Kier alpha value is -2.18. The molecule has 2 aromatic rings. The van der Waals surface area contributed by atoms with Crippen LogP contribution in [0.2, 0.25) is 0 Å². The number of nitrogens with zero attached hydrogens (tertiary/aromatic N) is 1. The van der Waals surface area contributed by atoms with E-state index in [1.165, 1.54) is 6.07 Å². The first-order chi connectivity index (χ1) is 10.2. The highest BCUT2D eigenvalue weighted by Gasteiger charge is 2.45. The van der Waals surface area contributed by atoms with Crippen molar-refractivity contribution in [1.29, 1.82) is 5.26 Å². The third kappa shape index (κ3) is 2.55. The van der Waals surface area contributed by atoms with E-state index in [0.29, 0.717) is 12.0 Å². The van der Waals surface area contributed by atoms with Crippen LogP contribution in [0.4, 0.5) is 4.39 Å². The molecule has 0 radical (unpaired) electrons. The molecule has 0 aromatic heterocycles. The van der Waals surface area contributed by atoms with Crippen molar-refractivity contribution in [3.63, 3.8) is 0 Å². The van der Waals surface area contributed by atoms with Crippen LogP contribution in [0.1, 0.15) is 24.0 Å². The van der Waals surface area contributed by atoms with Crippen molar-refractivity contribution in [3.8, 4) is 17.2 Å². The molecule has 0 heterocycles. The maximum Gasteiger partial charge on any atom is 0.131 e. The summed E-state index contributed by atoms with van der Waals surface area (Å²) in [6, 6.07) is 14.9. The number of nitriles is 1. The maximum absolute atomic E-state index is 14.4. The van der Waals surface area contributed by atoms with Crippen molar-refractivity contribution >= 4 is 0 Å². The van der Waals surface area contributed by atoms with Crippen molar-refractivity contribution in [1.82, 2.24) is 0 Å². The van der Waals surface area contributed by atoms with E-state index in [-0.39, 0.29) is 12.4 Å². The van der Waals surface area contributed by atoms with Crippen molar-refractivity contribution in [3.05, 3.63) is 59.4 Å². The average Bonchev–Trinajstić information content (AvgIpc) is 3.29. The zero-order chi connectivity index (χ0) is 14.9. The van der Waals surface area contributed by atoms with Gasteiger partial charge in [0.15, 0.2) is 0 Å². The molecule has 2 aromatic carbocycles. The van der Waals surface area contributed by atoms with E-state index in [1.807, 2.05) is 30.3 Å². The van der Waals surface area contributed by atoms with E-state index in [1.54, 1.807) is 6.07 Å². The average molecular weight is 281 g/mol. The van der Waals surface area contributed by atoms with Gasteiger partial charge in [0.2, 0.25) is 0 Å². The molecule has 21 heavy (non-hydrogen) atoms. The van der Waals surface area contributed by atoms with Gasteiger partial charge in [-0.25, -0.2) is 4.39 Å². The number of aliphatic hydroxyl groups excluding tert-OH is 1. The van der Waals surface area contributed by atoms with Gasteiger partial charge in [-0.15, -0.1) is 0 Å². The predicted molar refractivity (Wildman–Crippen MR) is 79.2 cm³/mol. The largest absolute Gasteiger partial charge is 0.396 e. The van der Waals surface area contributed by atoms with Gasteiger partial charge in [0, 0.05) is 12.2 Å². The van der Waals surface area contributed by atoms with Gasteiger partial charge in [-0.05, 0) is 42.0 Å². The van der Waals surface area contributed by atoms with Gasteiger partial charge in [0.25, 0.3) is 0 Å². The van der Waals surface area contributed by atoms with E-state index in [4.69, 9.17) is 5.11 Å². The summed E-state index contributed by atoms with van der Waals surface area (Å²) in [6.45, 7) is 0.0789. The summed E-state index contributed by atoms with van der Waals surface area (Å²) in [6.07, 6.45) is 2.19. The molecule has 0 spiro atoms. The zero-order valence-corrected chi connectivity index (χ0v) is 11.6. The Kier molecular flexibility index (Phi) is 3.48. The summed E-state index contributed by atoms with van der Waals surface area (Å²) >= 11 is 0. The van der Waals surface area contributed by atoms with Crippen LogP contribution < -0.4 is 0 Å². The summed E-state index contributed by atoms with van der Waals surface area (Å²) in [5.74, 6) is -0.296. The Morgan fingerprint density at radius 3 is 2.62 bits per heavy atom. The Morgan fingerprint density at radius 1 is 1.19 bits per heavy atom. The molecule has 2 nitrogen and oxygen atoms in total. The van der Waals surface area contributed by atoms with E-state index < -0.39 is 5.41 Å². The monoisotopic (exact) mass is 281 g/mol. The highest BCUT2D eigenvalue weighted by Crippen LogP contribution is 2.48. The van der Waals surface area contributed by atoms with Crippen LogP contribution in [0.3, 0.4) is 0 Å². The Bertz CT molecular complexity index is 713. The molecule has 106 valence electrons. The molecule has 0 atom stereocenters. The second-order valence-corrected chi connectivity index (χ2v) is 5.56. The van der Waals surface area contributed by atoms with Gasteiger partial charge < -0.3 is 5.11 Å². The highest BCUT2D eigenvalue weighted by molar-refractivity contribution is 5.66. The fourth-order valence-electron chi connectivity index (χ4n) is 2.66. The molecule has 0 aliphatic heterocycles. The van der Waals surface area contributed by atoms with E-state index in [9.17, 15) is 9.65 Å². The van der Waals surface area contributed by atoms with Crippen molar-refractivity contribution in [2.45, 2.75) is 24.7 Å². The third-order valence-electron chi connectivity index (χ3n) is 4.12. The van der Waals surface area contributed by atoms with Gasteiger partial charge in [-0.2, -0.15) is 5.26 Å². The van der Waals surface area contributed by atoms with Crippen molar-refractivity contribution in [2.75, 3.05) is 6.61 Å². The normalized spacial score (nSPS) is 15.5. The molecular weight excluding hydrogens is 265 g/mol. The molecule has 1 fully saturated rings. The Balaban J connectivity index is 1.96. The SMILES string of the molecule is N#CC1(c2ccc(-c3cccc(CCO)c3)c(F)c2)CC1. The minimum Gasteiger partial charge on any atom is -0.396 e. The second kappa shape index (κ2) is 5.31. The topological polar surface area (TPSA) is 44.0 Å². The fourth-order valence-corrected chi connectivity index (χ4v) is 2.66. The fraction of sp³-hybridized carbons (Fsp3) is 0.278. The number of hydrogen-bond acceptors (Lipinski definition) is 2. The lowest BCUT2D eigenvalue weighted by Crippen LogP contribution is -2.03. The molecule has 1 aliphatic carbocycles. The number of rotatable bonds is 4. The first kappa shape index (κ1) is 13.8. The quantitative estimate of drug-likeness (QED) is 0.930. The van der Waals surface area contributed by atoms with E-state index in [0.717, 1.165) is 29.5 Å². The predicted octanol–water partition coefficient (Wildman–Crippen LogP) is 3.58. The molecule has 0 amide bonds. The summed E-state index contributed by atoms with van der Waals surface area (Å²) in [5, 5.41) is 18.2. The van der Waals surface area contributed by atoms with Crippen molar-refractivity contribution in [2.24, 2.45) is 0 Å². The molecule has 0 bridgehead atoms. The minimum atomic E-state index is -0.460. The van der Waals surface area contributed by atoms with Gasteiger partial charge in [0.1, 0.15) is 5.82 Å². The van der Waals surface area contributed by atoms with Crippen LogP contribution in [-0.2, 0) is 11.8 Å². The third-order valence-corrected chi connectivity index (χ3v) is 4.12. The minimum absolute atomic E-state index is 0.0789. The smallest absolute Gasteiger partial charge is 0.131 e. The lowest BCUT2D eigenvalue weighted by molar-refractivity contribution is 0.299. The molecule has 3 heteroatoms. The molecule has 3 rings (SSSR count). The van der Waals surface area contributed by atoms with Crippen LogP contribution in [0.5, 0.6) is 0 Å². The summed E-state index contributed by atoms with van der Waals surface area (Å²) in [5.41, 5.74) is 2.63. The number of aliphatic hydroxyl groups is 1. The molecule has 0 saturated heterocycles. The first-order valence-electron chi connectivity index (χ1n) is 7.10. The summed E-state index contributed by atoms with van der Waals surface area (Å²) in [7, 11) is 0. The number of halogens is 1. The highest BCUT2D eigenvalue weighted by atomic mass is 19.1. The van der Waals surface area contributed by atoms with Gasteiger partial charge >= 0.3 is 0 Å². The van der Waals surface area contributed by atoms with Crippen LogP contribution in [0, 0.1) is 17.1 Å². The summed E-state index contributed by atoms with van der Waals surface area (Å²) in [4.78, 5) is 0. The van der Waals surface area contributed by atoms with Crippen LogP contribution in [0.15, 0.2) is 42.5 Å². The van der Waals surface area contributed by atoms with Gasteiger partial charge in [-0.1, -0.05) is 36.4 Å². The summed E-state index contributed by atoms with van der Waals surface area (Å²) < 4.78 is 14.4. The van der Waals surface area contributed by atoms with Crippen LogP contribution in [0.25, 0.3) is 11.1 Å². The van der Waals surface area contributed by atoms with Crippen molar-refractivity contribution < 1.29 is 9.50 Å². The van der Waals surface area contributed by atoms with Gasteiger partial charge in [-0.3, -0.25) is 0 Å². The lowest BCUT2D eigenvalue weighted by Gasteiger charge is -2.10. The first-order valence-corrected chi connectivity index (χ1v) is 7.10. The molecule has 1 N–H and O–H groups in total.